The van der Waals surface area contributed by atoms with Gasteiger partial charge in [-0.25, -0.2) is 9.18 Å². The highest BCUT2D eigenvalue weighted by Crippen LogP contribution is 2.45. The van der Waals surface area contributed by atoms with Crippen molar-refractivity contribution < 1.29 is 36.3 Å². The SMILES string of the molecule is CCOCCOCc1nc(C)c([C@H](OC(C)(C)C)C(=O)O)c(N2CCC(C)(OI)CC2)c1-c1ccc(OCCc2ccc(F)cc2)cc1. The van der Waals surface area contributed by atoms with Crippen molar-refractivity contribution in [1.82, 2.24) is 4.98 Å². The van der Waals surface area contributed by atoms with E-state index in [-0.39, 0.29) is 18.0 Å². The van der Waals surface area contributed by atoms with Gasteiger partial charge in [0.25, 0.3) is 0 Å². The highest BCUT2D eigenvalue weighted by Gasteiger charge is 2.38. The highest BCUT2D eigenvalue weighted by atomic mass is 127. The van der Waals surface area contributed by atoms with Crippen LogP contribution in [-0.2, 0) is 35.1 Å². The van der Waals surface area contributed by atoms with Gasteiger partial charge >= 0.3 is 5.97 Å². The van der Waals surface area contributed by atoms with E-state index < -0.39 is 17.7 Å². The topological polar surface area (TPSA) is 99.6 Å². The van der Waals surface area contributed by atoms with Gasteiger partial charge in [-0.05, 0) is 89.8 Å². The molecular weight excluding hydrogens is 730 g/mol. The number of carboxylic acid groups (broad SMARTS) is 1. The van der Waals surface area contributed by atoms with E-state index >= 15 is 0 Å². The first kappa shape index (κ1) is 38.0. The Kier molecular flexibility index (Phi) is 13.6. The Morgan fingerprint density at radius 2 is 1.69 bits per heavy atom. The van der Waals surface area contributed by atoms with Crippen molar-refractivity contribution in [2.45, 2.75) is 84.7 Å². The maximum absolute atomic E-state index is 13.3. The monoisotopic (exact) mass is 778 g/mol. The van der Waals surface area contributed by atoms with Crippen molar-refractivity contribution in [3.8, 4) is 16.9 Å². The van der Waals surface area contributed by atoms with E-state index in [2.05, 4.69) is 11.8 Å². The lowest BCUT2D eigenvalue weighted by Gasteiger charge is -2.41. The summed E-state index contributed by atoms with van der Waals surface area (Å²) in [6, 6.07) is 14.2. The minimum atomic E-state index is -1.25. The van der Waals surface area contributed by atoms with E-state index in [0.29, 0.717) is 68.6 Å². The molecule has 262 valence electrons. The number of hydrogen-bond acceptors (Lipinski definition) is 8. The van der Waals surface area contributed by atoms with Crippen LogP contribution >= 0.6 is 23.0 Å². The molecule has 0 bridgehead atoms. The predicted molar refractivity (Wildman–Crippen MR) is 192 cm³/mol. The second-order valence-electron chi connectivity index (χ2n) is 13.2. The smallest absolute Gasteiger partial charge is 0.337 e. The Balaban J connectivity index is 1.79. The van der Waals surface area contributed by atoms with Crippen molar-refractivity contribution in [3.05, 3.63) is 76.9 Å². The van der Waals surface area contributed by atoms with Crippen LogP contribution in [-0.4, -0.2) is 66.8 Å². The fourth-order valence-electron chi connectivity index (χ4n) is 5.76. The van der Waals surface area contributed by atoms with Crippen LogP contribution in [0, 0.1) is 12.7 Å². The van der Waals surface area contributed by atoms with Gasteiger partial charge in [0.1, 0.15) is 34.6 Å². The van der Waals surface area contributed by atoms with Crippen LogP contribution in [0.4, 0.5) is 10.1 Å². The molecule has 1 atom stereocenters. The number of halogens is 2. The Labute approximate surface area is 297 Å². The van der Waals surface area contributed by atoms with Crippen LogP contribution in [0.1, 0.15) is 76.1 Å². The lowest BCUT2D eigenvalue weighted by atomic mass is 9.89. The molecule has 4 rings (SSSR count). The van der Waals surface area contributed by atoms with E-state index in [0.717, 1.165) is 35.2 Å². The first-order valence-electron chi connectivity index (χ1n) is 16.5. The van der Waals surface area contributed by atoms with Gasteiger partial charge in [-0.3, -0.25) is 4.98 Å². The van der Waals surface area contributed by atoms with Crippen LogP contribution < -0.4 is 9.64 Å². The lowest BCUT2D eigenvalue weighted by molar-refractivity contribution is -0.160. The van der Waals surface area contributed by atoms with Crippen LogP contribution in [0.25, 0.3) is 11.1 Å². The summed E-state index contributed by atoms with van der Waals surface area (Å²) in [7, 11) is 0. The maximum Gasteiger partial charge on any atom is 0.337 e. The fourth-order valence-corrected chi connectivity index (χ4v) is 6.21. The number of aliphatic carboxylic acids is 1. The largest absolute Gasteiger partial charge is 0.493 e. The number of carbonyl (C=O) groups is 1. The van der Waals surface area contributed by atoms with Gasteiger partial charge < -0.3 is 32.0 Å². The first-order valence-corrected chi connectivity index (χ1v) is 17.3. The average molecular weight is 779 g/mol. The molecule has 0 aliphatic carbocycles. The number of aryl methyl sites for hydroxylation is 1. The quantitative estimate of drug-likeness (QED) is 0.115. The van der Waals surface area contributed by atoms with Crippen molar-refractivity contribution in [3.63, 3.8) is 0 Å². The summed E-state index contributed by atoms with van der Waals surface area (Å²) in [6.45, 7) is 14.8. The van der Waals surface area contributed by atoms with Crippen LogP contribution in [0.2, 0.25) is 0 Å². The Morgan fingerprint density at radius 3 is 2.27 bits per heavy atom. The molecule has 0 radical (unpaired) electrons. The third kappa shape index (κ3) is 10.3. The van der Waals surface area contributed by atoms with Gasteiger partial charge in [-0.2, -0.15) is 0 Å². The third-order valence-corrected chi connectivity index (χ3v) is 9.35. The van der Waals surface area contributed by atoms with Gasteiger partial charge in [0.2, 0.25) is 0 Å². The minimum Gasteiger partial charge on any atom is -0.493 e. The summed E-state index contributed by atoms with van der Waals surface area (Å²) in [4.78, 5) is 20.2. The summed E-state index contributed by atoms with van der Waals surface area (Å²) >= 11 is 1.97. The summed E-state index contributed by atoms with van der Waals surface area (Å²) < 4.78 is 43.0. The van der Waals surface area contributed by atoms with Crippen LogP contribution in [0.15, 0.2) is 48.5 Å². The second kappa shape index (κ2) is 17.2. The number of carboxylic acids is 1. The molecule has 1 N–H and O–H groups in total. The summed E-state index contributed by atoms with van der Waals surface area (Å²) in [6.07, 6.45) is 0.909. The Bertz CT molecular complexity index is 1490. The lowest BCUT2D eigenvalue weighted by Crippen LogP contribution is -2.44. The number of ether oxygens (including phenoxy) is 4. The molecule has 11 heteroatoms. The third-order valence-electron chi connectivity index (χ3n) is 8.29. The number of anilines is 1. The summed E-state index contributed by atoms with van der Waals surface area (Å²) in [5.74, 6) is -0.659. The average Bonchev–Trinajstić information content (AvgIpc) is 3.05. The molecule has 0 spiro atoms. The number of hydrogen-bond donors (Lipinski definition) is 1. The van der Waals surface area contributed by atoms with Gasteiger partial charge in [-0.1, -0.05) is 24.3 Å². The van der Waals surface area contributed by atoms with Crippen molar-refractivity contribution in [2.24, 2.45) is 0 Å². The standard InChI is InChI=1S/C37H48FIN2O7/c1-7-44-22-23-45-24-30-32(27-10-14-29(15-11-27)46-21-16-26-8-12-28(38)13-9-26)33(41-19-17-37(6,48-39)18-20-41)31(25(2)40-30)34(35(42)43)47-36(3,4)5/h8-15,34H,7,16-24H2,1-6H3,(H,42,43)/t34-/m0/s1. The number of rotatable bonds is 16. The van der Waals surface area contributed by atoms with Crippen LogP contribution in [0.3, 0.4) is 0 Å². The molecule has 0 saturated carbocycles. The molecule has 2 heterocycles. The van der Waals surface area contributed by atoms with Gasteiger partial charge in [-0.15, -0.1) is 0 Å². The molecule has 9 nitrogen and oxygen atoms in total. The van der Waals surface area contributed by atoms with Crippen LogP contribution in [0.5, 0.6) is 5.75 Å². The van der Waals surface area contributed by atoms with Crippen molar-refractivity contribution in [2.75, 3.05) is 44.4 Å². The van der Waals surface area contributed by atoms with Gasteiger partial charge in [0.05, 0.1) is 49.0 Å². The first-order chi connectivity index (χ1) is 22.8. The van der Waals surface area contributed by atoms with Crippen molar-refractivity contribution >= 4 is 34.7 Å². The van der Waals surface area contributed by atoms with E-state index in [1.807, 2.05) is 81.9 Å². The molecule has 1 saturated heterocycles. The zero-order chi connectivity index (χ0) is 34.9. The number of nitrogens with zero attached hydrogens (tertiary/aromatic N) is 2. The van der Waals surface area contributed by atoms with E-state index in [4.69, 9.17) is 27.0 Å². The molecular formula is C37H48FIN2O7. The number of benzene rings is 2. The zero-order valence-electron chi connectivity index (χ0n) is 28.8. The Morgan fingerprint density at radius 1 is 1.04 bits per heavy atom. The molecule has 1 aliphatic rings. The summed E-state index contributed by atoms with van der Waals surface area (Å²) in [5.41, 5.74) is 4.22. The van der Waals surface area contributed by atoms with Gasteiger partial charge in [0.15, 0.2) is 6.10 Å². The van der Waals surface area contributed by atoms with Gasteiger partial charge in [0, 0.05) is 42.9 Å². The number of aromatic nitrogens is 1. The molecule has 0 unspecified atom stereocenters. The van der Waals surface area contributed by atoms with Crippen molar-refractivity contribution in [1.29, 1.82) is 0 Å². The minimum absolute atomic E-state index is 0.215. The zero-order valence-corrected chi connectivity index (χ0v) is 31.0. The number of pyridine rings is 1. The predicted octanol–water partition coefficient (Wildman–Crippen LogP) is 8.04. The molecule has 48 heavy (non-hydrogen) atoms. The van der Waals surface area contributed by atoms with E-state index in [9.17, 15) is 14.3 Å². The molecule has 0 amide bonds. The fraction of sp³-hybridized carbons (Fsp3) is 0.514. The summed E-state index contributed by atoms with van der Waals surface area (Å²) in [5, 5.41) is 10.6. The molecule has 3 aromatic rings. The van der Waals surface area contributed by atoms with E-state index in [1.165, 1.54) is 12.1 Å². The van der Waals surface area contributed by atoms with E-state index in [1.54, 1.807) is 12.1 Å². The second-order valence-corrected chi connectivity index (χ2v) is 13.7. The number of piperidine rings is 1. The Hall–Kier alpha value is -2.84. The highest BCUT2D eigenvalue weighted by molar-refractivity contribution is 14.1. The normalized spacial score (nSPS) is 15.4. The molecule has 1 aliphatic heterocycles. The molecule has 2 aromatic carbocycles. The maximum atomic E-state index is 13.3. The molecule has 1 fully saturated rings. The molecule has 1 aromatic heterocycles.